The molecule has 1 aliphatic rings. The lowest BCUT2D eigenvalue weighted by Crippen LogP contribution is -2.42. The van der Waals surface area contributed by atoms with Crippen molar-refractivity contribution in [2.45, 2.75) is 44.8 Å². The second-order valence-electron chi connectivity index (χ2n) is 6.37. The van der Waals surface area contributed by atoms with Crippen molar-refractivity contribution in [2.24, 2.45) is 0 Å². The molecule has 0 radical (unpaired) electrons. The first-order chi connectivity index (χ1) is 9.81. The summed E-state index contributed by atoms with van der Waals surface area (Å²) in [4.78, 5) is 13.7. The molecule has 116 valence electrons. The van der Waals surface area contributed by atoms with E-state index < -0.39 is 11.7 Å². The molecule has 5 heteroatoms. The molecule has 1 heterocycles. The predicted molar refractivity (Wildman–Crippen MR) is 77.6 cm³/mol. The first-order valence-corrected chi connectivity index (χ1v) is 7.18. The Labute approximate surface area is 124 Å². The maximum absolute atomic E-state index is 13.4. The number of aliphatic hydroxyl groups excluding tert-OH is 1. The minimum absolute atomic E-state index is 0.0711. The Morgan fingerprint density at radius 2 is 2.19 bits per heavy atom. The Bertz CT molecular complexity index is 512. The van der Waals surface area contributed by atoms with Crippen LogP contribution in [0.25, 0.3) is 0 Å². The monoisotopic (exact) mass is 295 g/mol. The van der Waals surface area contributed by atoms with Crippen LogP contribution in [0.1, 0.15) is 38.7 Å². The molecule has 0 unspecified atom stereocenters. The van der Waals surface area contributed by atoms with Gasteiger partial charge in [0.25, 0.3) is 0 Å². The van der Waals surface area contributed by atoms with Gasteiger partial charge in [0, 0.05) is 12.5 Å². The van der Waals surface area contributed by atoms with E-state index in [0.29, 0.717) is 13.0 Å². The van der Waals surface area contributed by atoms with Crippen molar-refractivity contribution in [2.75, 3.05) is 13.2 Å². The highest BCUT2D eigenvalue weighted by atomic mass is 19.1. The molecular weight excluding hydrogens is 273 g/mol. The standard InChI is InChI=1S/C16H22FNO3/c1-16(2,3)21-15(20)18-8-7-13(14(18)10-19)11-5-4-6-12(17)9-11/h4-6,9,13-14,19H,7-8,10H2,1-3H3/t13-,14+/m0/s1. The minimum atomic E-state index is -0.575. The van der Waals surface area contributed by atoms with E-state index in [0.717, 1.165) is 5.56 Å². The number of carbonyl (C=O) groups is 1. The fourth-order valence-electron chi connectivity index (χ4n) is 2.75. The second kappa shape index (κ2) is 6.02. The third-order valence-electron chi connectivity index (χ3n) is 3.64. The molecule has 0 aromatic heterocycles. The van der Waals surface area contributed by atoms with Gasteiger partial charge in [0.05, 0.1) is 12.6 Å². The summed E-state index contributed by atoms with van der Waals surface area (Å²) in [5, 5.41) is 9.64. The molecule has 21 heavy (non-hydrogen) atoms. The molecule has 4 nitrogen and oxygen atoms in total. The summed E-state index contributed by atoms with van der Waals surface area (Å²) in [7, 11) is 0. The van der Waals surface area contributed by atoms with E-state index in [-0.39, 0.29) is 24.4 Å². The number of ether oxygens (including phenoxy) is 1. The van der Waals surface area contributed by atoms with Crippen molar-refractivity contribution in [3.05, 3.63) is 35.6 Å². The van der Waals surface area contributed by atoms with Crippen LogP contribution in [0.2, 0.25) is 0 Å². The molecule has 0 spiro atoms. The van der Waals surface area contributed by atoms with Crippen LogP contribution in [0, 0.1) is 5.82 Å². The van der Waals surface area contributed by atoms with Crippen molar-refractivity contribution < 1.29 is 19.0 Å². The van der Waals surface area contributed by atoms with E-state index in [1.54, 1.807) is 31.7 Å². The fraction of sp³-hybridized carbons (Fsp3) is 0.562. The van der Waals surface area contributed by atoms with Gasteiger partial charge in [0.2, 0.25) is 0 Å². The number of likely N-dealkylation sites (tertiary alicyclic amines) is 1. The Hall–Kier alpha value is -1.62. The van der Waals surface area contributed by atoms with Crippen LogP contribution in [0.4, 0.5) is 9.18 Å². The predicted octanol–water partition coefficient (Wildman–Crippen LogP) is 2.91. The van der Waals surface area contributed by atoms with Crippen LogP contribution in [0.3, 0.4) is 0 Å². The van der Waals surface area contributed by atoms with Crippen LogP contribution in [-0.4, -0.2) is 40.9 Å². The van der Waals surface area contributed by atoms with Gasteiger partial charge in [-0.1, -0.05) is 12.1 Å². The average Bonchev–Trinajstić information content (AvgIpc) is 2.80. The SMILES string of the molecule is CC(C)(C)OC(=O)N1CC[C@@H](c2cccc(F)c2)[C@H]1CO. The summed E-state index contributed by atoms with van der Waals surface area (Å²) in [6, 6.07) is 5.95. The number of rotatable bonds is 2. The van der Waals surface area contributed by atoms with Gasteiger partial charge in [0.15, 0.2) is 0 Å². The molecule has 2 rings (SSSR count). The summed E-state index contributed by atoms with van der Waals surface area (Å²) in [5.74, 6) is -0.377. The Kier molecular flexibility index (Phi) is 4.52. The first-order valence-electron chi connectivity index (χ1n) is 7.18. The second-order valence-corrected chi connectivity index (χ2v) is 6.37. The first kappa shape index (κ1) is 15.8. The molecule has 1 saturated heterocycles. The third-order valence-corrected chi connectivity index (χ3v) is 3.64. The van der Waals surface area contributed by atoms with E-state index in [2.05, 4.69) is 0 Å². The van der Waals surface area contributed by atoms with Crippen LogP contribution >= 0.6 is 0 Å². The molecule has 0 saturated carbocycles. The molecular formula is C16H22FNO3. The smallest absolute Gasteiger partial charge is 0.410 e. The lowest BCUT2D eigenvalue weighted by atomic mass is 9.92. The lowest BCUT2D eigenvalue weighted by Gasteiger charge is -2.29. The molecule has 1 aliphatic heterocycles. The molecule has 2 atom stereocenters. The van der Waals surface area contributed by atoms with Gasteiger partial charge in [-0.15, -0.1) is 0 Å². The quantitative estimate of drug-likeness (QED) is 0.912. The van der Waals surface area contributed by atoms with Crippen molar-refractivity contribution in [1.29, 1.82) is 0 Å². The molecule has 1 N–H and O–H groups in total. The minimum Gasteiger partial charge on any atom is -0.444 e. The maximum Gasteiger partial charge on any atom is 0.410 e. The van der Waals surface area contributed by atoms with E-state index >= 15 is 0 Å². The molecule has 0 bridgehead atoms. The molecule has 1 amide bonds. The largest absolute Gasteiger partial charge is 0.444 e. The van der Waals surface area contributed by atoms with Gasteiger partial charge in [-0.25, -0.2) is 9.18 Å². The van der Waals surface area contributed by atoms with Gasteiger partial charge in [-0.2, -0.15) is 0 Å². The zero-order valence-electron chi connectivity index (χ0n) is 12.7. The van der Waals surface area contributed by atoms with Crippen molar-refractivity contribution in [3.63, 3.8) is 0 Å². The number of nitrogens with zero attached hydrogens (tertiary/aromatic N) is 1. The number of halogens is 1. The van der Waals surface area contributed by atoms with Crippen LogP contribution in [0.15, 0.2) is 24.3 Å². The number of carbonyl (C=O) groups excluding carboxylic acids is 1. The van der Waals surface area contributed by atoms with Crippen LogP contribution < -0.4 is 0 Å². The van der Waals surface area contributed by atoms with E-state index in [1.807, 2.05) is 6.07 Å². The molecule has 0 aliphatic carbocycles. The van der Waals surface area contributed by atoms with Crippen LogP contribution in [-0.2, 0) is 4.74 Å². The van der Waals surface area contributed by atoms with Gasteiger partial charge >= 0.3 is 6.09 Å². The van der Waals surface area contributed by atoms with Crippen molar-refractivity contribution in [1.82, 2.24) is 4.90 Å². The number of benzene rings is 1. The zero-order chi connectivity index (χ0) is 15.6. The highest BCUT2D eigenvalue weighted by Gasteiger charge is 2.39. The highest BCUT2D eigenvalue weighted by molar-refractivity contribution is 5.69. The number of hydrogen-bond donors (Lipinski definition) is 1. The van der Waals surface area contributed by atoms with Gasteiger partial charge in [-0.3, -0.25) is 0 Å². The summed E-state index contributed by atoms with van der Waals surface area (Å²) < 4.78 is 18.7. The van der Waals surface area contributed by atoms with Crippen LogP contribution in [0.5, 0.6) is 0 Å². The highest BCUT2D eigenvalue weighted by Crippen LogP contribution is 2.34. The van der Waals surface area contributed by atoms with Gasteiger partial charge in [-0.05, 0) is 44.9 Å². The maximum atomic E-state index is 13.4. The van der Waals surface area contributed by atoms with Gasteiger partial charge < -0.3 is 14.7 Å². The summed E-state index contributed by atoms with van der Waals surface area (Å²) in [6.45, 7) is 5.75. The number of aliphatic hydroxyl groups is 1. The molecule has 1 fully saturated rings. The zero-order valence-corrected chi connectivity index (χ0v) is 12.7. The van der Waals surface area contributed by atoms with E-state index in [1.165, 1.54) is 12.1 Å². The Morgan fingerprint density at radius 1 is 1.48 bits per heavy atom. The molecule has 1 aromatic carbocycles. The lowest BCUT2D eigenvalue weighted by molar-refractivity contribution is 0.0165. The number of amides is 1. The number of hydrogen-bond acceptors (Lipinski definition) is 3. The summed E-state index contributed by atoms with van der Waals surface area (Å²) in [6.07, 6.45) is 0.258. The Morgan fingerprint density at radius 3 is 2.76 bits per heavy atom. The normalized spacial score (nSPS) is 22.4. The summed E-state index contributed by atoms with van der Waals surface area (Å²) in [5.41, 5.74) is 0.230. The Balaban J connectivity index is 2.16. The summed E-state index contributed by atoms with van der Waals surface area (Å²) >= 11 is 0. The van der Waals surface area contributed by atoms with E-state index in [4.69, 9.17) is 4.74 Å². The fourth-order valence-corrected chi connectivity index (χ4v) is 2.75. The molecule has 1 aromatic rings. The van der Waals surface area contributed by atoms with Crippen molar-refractivity contribution >= 4 is 6.09 Å². The van der Waals surface area contributed by atoms with E-state index in [9.17, 15) is 14.3 Å². The topological polar surface area (TPSA) is 49.8 Å². The van der Waals surface area contributed by atoms with Crippen molar-refractivity contribution in [3.8, 4) is 0 Å². The average molecular weight is 295 g/mol. The van der Waals surface area contributed by atoms with Gasteiger partial charge in [0.1, 0.15) is 11.4 Å². The third kappa shape index (κ3) is 3.73.